The van der Waals surface area contributed by atoms with E-state index < -0.39 is 11.2 Å². The molecule has 0 bridgehead atoms. The maximum Gasteiger partial charge on any atom is 0.328 e. The Kier molecular flexibility index (Phi) is 2.38. The lowest BCUT2D eigenvalue weighted by Gasteiger charge is -2.00. The highest BCUT2D eigenvalue weighted by molar-refractivity contribution is 7.15. The van der Waals surface area contributed by atoms with Gasteiger partial charge in [0, 0.05) is 23.3 Å². The van der Waals surface area contributed by atoms with Crippen LogP contribution in [0.2, 0.25) is 0 Å². The van der Waals surface area contributed by atoms with Crippen LogP contribution in [0.15, 0.2) is 28.0 Å². The third-order valence-corrected chi connectivity index (χ3v) is 2.61. The molecule has 78 valence electrons. The van der Waals surface area contributed by atoms with Crippen LogP contribution in [0.4, 0.5) is 5.13 Å². The molecule has 0 aromatic carbocycles. The van der Waals surface area contributed by atoms with Crippen LogP contribution < -0.4 is 17.0 Å². The molecule has 2 heterocycles. The number of nitrogens with zero attached hydrogens (tertiary/aromatic N) is 2. The molecule has 0 aliphatic heterocycles. The maximum absolute atomic E-state index is 11.3. The molecule has 2 aromatic rings. The largest absolute Gasteiger partial charge is 0.375 e. The first-order valence-electron chi connectivity index (χ1n) is 4.15. The fourth-order valence-electron chi connectivity index (χ4n) is 1.13. The number of aromatic nitrogens is 3. The normalized spacial score (nSPS) is 10.4. The molecule has 0 saturated carbocycles. The van der Waals surface area contributed by atoms with Gasteiger partial charge in [0.05, 0.1) is 6.54 Å². The molecular weight excluding hydrogens is 216 g/mol. The number of hydrogen-bond acceptors (Lipinski definition) is 5. The van der Waals surface area contributed by atoms with Crippen LogP contribution in [-0.2, 0) is 6.54 Å². The molecule has 0 fully saturated rings. The van der Waals surface area contributed by atoms with E-state index in [4.69, 9.17) is 5.73 Å². The van der Waals surface area contributed by atoms with Gasteiger partial charge in [-0.15, -0.1) is 11.3 Å². The van der Waals surface area contributed by atoms with Crippen molar-refractivity contribution >= 4 is 16.5 Å². The zero-order chi connectivity index (χ0) is 10.8. The van der Waals surface area contributed by atoms with Crippen molar-refractivity contribution in [2.24, 2.45) is 0 Å². The quantitative estimate of drug-likeness (QED) is 0.727. The van der Waals surface area contributed by atoms with Gasteiger partial charge in [0.2, 0.25) is 0 Å². The van der Waals surface area contributed by atoms with Crippen LogP contribution in [0.1, 0.15) is 4.88 Å². The van der Waals surface area contributed by atoms with E-state index in [1.165, 1.54) is 28.2 Å². The summed E-state index contributed by atoms with van der Waals surface area (Å²) in [4.78, 5) is 29.0. The first kappa shape index (κ1) is 9.66. The number of thiazole rings is 1. The summed E-state index contributed by atoms with van der Waals surface area (Å²) in [6, 6.07) is 1.30. The second-order valence-electron chi connectivity index (χ2n) is 2.90. The Balaban J connectivity index is 2.32. The van der Waals surface area contributed by atoms with E-state index in [0.717, 1.165) is 4.88 Å². The van der Waals surface area contributed by atoms with Crippen molar-refractivity contribution < 1.29 is 0 Å². The number of nitrogens with one attached hydrogen (secondary N) is 1. The molecule has 0 saturated heterocycles. The van der Waals surface area contributed by atoms with Gasteiger partial charge in [-0.2, -0.15) is 0 Å². The average molecular weight is 224 g/mol. The van der Waals surface area contributed by atoms with Gasteiger partial charge < -0.3 is 5.73 Å². The summed E-state index contributed by atoms with van der Waals surface area (Å²) >= 11 is 1.31. The number of rotatable bonds is 2. The summed E-state index contributed by atoms with van der Waals surface area (Å²) in [6.07, 6.45) is 3.05. The van der Waals surface area contributed by atoms with Crippen molar-refractivity contribution in [1.29, 1.82) is 0 Å². The van der Waals surface area contributed by atoms with Gasteiger partial charge >= 0.3 is 5.69 Å². The van der Waals surface area contributed by atoms with Crippen molar-refractivity contribution in [2.75, 3.05) is 5.73 Å². The van der Waals surface area contributed by atoms with E-state index in [1.54, 1.807) is 6.20 Å². The van der Waals surface area contributed by atoms with Crippen molar-refractivity contribution in [1.82, 2.24) is 14.5 Å². The molecule has 0 aliphatic rings. The highest BCUT2D eigenvalue weighted by Gasteiger charge is 2.01. The van der Waals surface area contributed by atoms with Crippen molar-refractivity contribution in [3.63, 3.8) is 0 Å². The minimum absolute atomic E-state index is 0.366. The zero-order valence-electron chi connectivity index (χ0n) is 7.64. The Labute approximate surface area is 88.0 Å². The first-order chi connectivity index (χ1) is 7.15. The predicted octanol–water partition coefficient (Wildman–Crippen LogP) is -0.376. The topological polar surface area (TPSA) is 93.8 Å². The number of anilines is 1. The van der Waals surface area contributed by atoms with Crippen LogP contribution in [0.25, 0.3) is 0 Å². The fourth-order valence-corrected chi connectivity index (χ4v) is 1.82. The highest BCUT2D eigenvalue weighted by Crippen LogP contribution is 2.14. The number of H-pyrrole nitrogens is 1. The van der Waals surface area contributed by atoms with E-state index in [9.17, 15) is 9.59 Å². The lowest BCUT2D eigenvalue weighted by Crippen LogP contribution is -2.28. The summed E-state index contributed by atoms with van der Waals surface area (Å²) < 4.78 is 1.38. The Morgan fingerprint density at radius 2 is 2.33 bits per heavy atom. The molecule has 6 nitrogen and oxygen atoms in total. The van der Waals surface area contributed by atoms with Gasteiger partial charge in [0.15, 0.2) is 5.13 Å². The lowest BCUT2D eigenvalue weighted by atomic mass is 10.5. The first-order valence-corrected chi connectivity index (χ1v) is 4.97. The molecular formula is C8H8N4O2S. The molecule has 2 rings (SSSR count). The summed E-state index contributed by atoms with van der Waals surface area (Å²) in [5.74, 6) is 0. The smallest absolute Gasteiger partial charge is 0.328 e. The van der Waals surface area contributed by atoms with Gasteiger partial charge in [-0.05, 0) is 0 Å². The predicted molar refractivity (Wildman–Crippen MR) is 57.0 cm³/mol. The monoisotopic (exact) mass is 224 g/mol. The van der Waals surface area contributed by atoms with E-state index in [-0.39, 0.29) is 0 Å². The molecule has 0 aliphatic carbocycles. The third kappa shape index (κ3) is 2.13. The van der Waals surface area contributed by atoms with Gasteiger partial charge in [-0.25, -0.2) is 9.78 Å². The van der Waals surface area contributed by atoms with Crippen LogP contribution in [0.3, 0.4) is 0 Å². The van der Waals surface area contributed by atoms with E-state index >= 15 is 0 Å². The van der Waals surface area contributed by atoms with E-state index in [1.807, 2.05) is 0 Å². The highest BCUT2D eigenvalue weighted by atomic mass is 32.1. The van der Waals surface area contributed by atoms with Crippen LogP contribution in [0.5, 0.6) is 0 Å². The summed E-state index contributed by atoms with van der Waals surface area (Å²) in [7, 11) is 0. The van der Waals surface area contributed by atoms with Gasteiger partial charge in [-0.3, -0.25) is 14.3 Å². The zero-order valence-corrected chi connectivity index (χ0v) is 8.45. The molecule has 0 unspecified atom stereocenters. The van der Waals surface area contributed by atoms with Crippen LogP contribution in [-0.4, -0.2) is 14.5 Å². The molecule has 0 atom stereocenters. The standard InChI is InChI=1S/C8H8N4O2S/c9-7-10-3-5(15-7)4-12-2-1-6(13)11-8(12)14/h1-3H,4H2,(H2,9,10)(H,11,13,14). The third-order valence-electron chi connectivity index (χ3n) is 1.79. The minimum Gasteiger partial charge on any atom is -0.375 e. The average Bonchev–Trinajstić information content (AvgIpc) is 2.56. The van der Waals surface area contributed by atoms with E-state index in [2.05, 4.69) is 9.97 Å². The number of aromatic amines is 1. The van der Waals surface area contributed by atoms with E-state index in [0.29, 0.717) is 11.7 Å². The molecule has 7 heteroatoms. The minimum atomic E-state index is -0.436. The number of hydrogen-bond donors (Lipinski definition) is 2. The summed E-state index contributed by atoms with van der Waals surface area (Å²) in [5.41, 5.74) is 4.62. The second-order valence-corrected chi connectivity index (χ2v) is 4.05. The molecule has 0 spiro atoms. The Morgan fingerprint density at radius 3 is 2.93 bits per heavy atom. The summed E-state index contributed by atoms with van der Waals surface area (Å²) in [5, 5.41) is 0.461. The van der Waals surface area contributed by atoms with Gasteiger partial charge in [0.25, 0.3) is 5.56 Å². The van der Waals surface area contributed by atoms with Crippen molar-refractivity contribution in [2.45, 2.75) is 6.54 Å². The maximum atomic E-state index is 11.3. The Bertz CT molecular complexity index is 583. The van der Waals surface area contributed by atoms with Crippen molar-refractivity contribution in [3.8, 4) is 0 Å². The van der Waals surface area contributed by atoms with Gasteiger partial charge in [-0.1, -0.05) is 0 Å². The molecule has 0 radical (unpaired) electrons. The van der Waals surface area contributed by atoms with Crippen molar-refractivity contribution in [3.05, 3.63) is 44.2 Å². The molecule has 3 N–H and O–H groups in total. The Hall–Kier alpha value is -1.89. The SMILES string of the molecule is Nc1ncc(Cn2ccc(=O)[nH]c2=O)s1. The lowest BCUT2D eigenvalue weighted by molar-refractivity contribution is 0.727. The van der Waals surface area contributed by atoms with Gasteiger partial charge in [0.1, 0.15) is 0 Å². The second kappa shape index (κ2) is 3.70. The van der Waals surface area contributed by atoms with Crippen LogP contribution in [0, 0.1) is 0 Å². The molecule has 2 aromatic heterocycles. The van der Waals surface area contributed by atoms with Crippen LogP contribution >= 0.6 is 11.3 Å². The Morgan fingerprint density at radius 1 is 1.53 bits per heavy atom. The molecule has 15 heavy (non-hydrogen) atoms. The summed E-state index contributed by atoms with van der Waals surface area (Å²) in [6.45, 7) is 0.366. The fraction of sp³-hybridized carbons (Fsp3) is 0.125. The number of nitrogen functional groups attached to an aromatic ring is 1. The number of nitrogens with two attached hydrogens (primary N) is 1. The molecule has 0 amide bonds.